The number of nitro benzene ring substituents is 1. The first-order valence-corrected chi connectivity index (χ1v) is 8.05. The number of para-hydroxylation sites is 1. The number of hydrogen-bond donors (Lipinski definition) is 2. The fourth-order valence-electron chi connectivity index (χ4n) is 2.23. The Labute approximate surface area is 150 Å². The molecule has 0 aliphatic carbocycles. The van der Waals surface area contributed by atoms with E-state index in [1.807, 2.05) is 30.3 Å². The first kappa shape index (κ1) is 18.9. The third-order valence-corrected chi connectivity index (χ3v) is 3.43. The van der Waals surface area contributed by atoms with Gasteiger partial charge in [-0.25, -0.2) is 0 Å². The third kappa shape index (κ3) is 5.30. The van der Waals surface area contributed by atoms with Gasteiger partial charge in [0.25, 0.3) is 11.6 Å². The molecule has 0 aliphatic rings. The molecule has 2 aromatic rings. The molecule has 1 amide bonds. The normalized spacial score (nSPS) is 10.0. The summed E-state index contributed by atoms with van der Waals surface area (Å²) in [7, 11) is 0. The van der Waals surface area contributed by atoms with Gasteiger partial charge in [-0.15, -0.1) is 0 Å². The second-order valence-corrected chi connectivity index (χ2v) is 5.29. The van der Waals surface area contributed by atoms with E-state index in [1.165, 1.54) is 18.2 Å². The fourth-order valence-corrected chi connectivity index (χ4v) is 2.23. The van der Waals surface area contributed by atoms with E-state index in [9.17, 15) is 19.7 Å². The minimum Gasteiger partial charge on any atom is -0.466 e. The molecule has 2 aromatic carbocycles. The lowest BCUT2D eigenvalue weighted by molar-refractivity contribution is -0.384. The quantitative estimate of drug-likeness (QED) is 0.427. The molecule has 26 heavy (non-hydrogen) atoms. The van der Waals surface area contributed by atoms with Crippen molar-refractivity contribution in [3.05, 3.63) is 64.2 Å². The van der Waals surface area contributed by atoms with Crippen molar-refractivity contribution >= 4 is 28.9 Å². The summed E-state index contributed by atoms with van der Waals surface area (Å²) in [5.41, 5.74) is 1.09. The van der Waals surface area contributed by atoms with E-state index in [4.69, 9.17) is 4.74 Å². The Morgan fingerprint density at radius 3 is 2.54 bits per heavy atom. The molecule has 8 nitrogen and oxygen atoms in total. The standard InChI is InChI=1S/C18H19N3O5/c1-2-26-17(22)10-11-19-18(23)15-12-14(21(24)25)8-9-16(15)20-13-6-4-3-5-7-13/h3-9,12,20H,2,10-11H2,1H3,(H,19,23). The molecular formula is C18H19N3O5. The monoisotopic (exact) mass is 357 g/mol. The average Bonchev–Trinajstić information content (AvgIpc) is 2.63. The highest BCUT2D eigenvalue weighted by molar-refractivity contribution is 6.01. The molecule has 136 valence electrons. The Hall–Kier alpha value is -3.42. The van der Waals surface area contributed by atoms with Gasteiger partial charge in [0.1, 0.15) is 0 Å². The van der Waals surface area contributed by atoms with Gasteiger partial charge >= 0.3 is 5.97 Å². The summed E-state index contributed by atoms with van der Waals surface area (Å²) < 4.78 is 4.79. The van der Waals surface area contributed by atoms with E-state index in [2.05, 4.69) is 10.6 Å². The zero-order chi connectivity index (χ0) is 18.9. The van der Waals surface area contributed by atoms with E-state index in [1.54, 1.807) is 6.92 Å². The van der Waals surface area contributed by atoms with E-state index in [0.717, 1.165) is 5.69 Å². The van der Waals surface area contributed by atoms with Crippen LogP contribution in [0.4, 0.5) is 17.1 Å². The number of hydrogen-bond acceptors (Lipinski definition) is 6. The van der Waals surface area contributed by atoms with Crippen LogP contribution >= 0.6 is 0 Å². The van der Waals surface area contributed by atoms with E-state index >= 15 is 0 Å². The van der Waals surface area contributed by atoms with Gasteiger partial charge in [-0.3, -0.25) is 19.7 Å². The summed E-state index contributed by atoms with van der Waals surface area (Å²) in [5.74, 6) is -0.939. The van der Waals surface area contributed by atoms with Crippen molar-refractivity contribution in [1.82, 2.24) is 5.32 Å². The molecule has 0 aliphatic heterocycles. The number of nitrogens with zero attached hydrogens (tertiary/aromatic N) is 1. The molecule has 0 unspecified atom stereocenters. The van der Waals surface area contributed by atoms with E-state index in [-0.39, 0.29) is 30.8 Å². The number of anilines is 2. The molecule has 0 radical (unpaired) electrons. The van der Waals surface area contributed by atoms with Crippen molar-refractivity contribution in [2.45, 2.75) is 13.3 Å². The summed E-state index contributed by atoms with van der Waals surface area (Å²) >= 11 is 0. The number of carbonyl (C=O) groups excluding carboxylic acids is 2. The van der Waals surface area contributed by atoms with Gasteiger partial charge < -0.3 is 15.4 Å². The highest BCUT2D eigenvalue weighted by Crippen LogP contribution is 2.25. The van der Waals surface area contributed by atoms with Crippen molar-refractivity contribution in [3.63, 3.8) is 0 Å². The lowest BCUT2D eigenvalue weighted by atomic mass is 10.1. The van der Waals surface area contributed by atoms with Gasteiger partial charge in [-0.2, -0.15) is 0 Å². The van der Waals surface area contributed by atoms with Crippen LogP contribution in [0, 0.1) is 10.1 Å². The maximum absolute atomic E-state index is 12.4. The van der Waals surface area contributed by atoms with Gasteiger partial charge in [0, 0.05) is 24.4 Å². The second kappa shape index (κ2) is 9.16. The Bertz CT molecular complexity index is 793. The summed E-state index contributed by atoms with van der Waals surface area (Å²) in [6.45, 7) is 2.04. The number of nitrogens with one attached hydrogen (secondary N) is 2. The molecule has 0 aromatic heterocycles. The van der Waals surface area contributed by atoms with Crippen molar-refractivity contribution in [1.29, 1.82) is 0 Å². The van der Waals surface area contributed by atoms with Gasteiger partial charge in [0.05, 0.1) is 29.2 Å². The Morgan fingerprint density at radius 1 is 1.15 bits per heavy atom. The molecular weight excluding hydrogens is 338 g/mol. The van der Waals surface area contributed by atoms with Crippen LogP contribution in [0.3, 0.4) is 0 Å². The number of amides is 1. The molecule has 0 saturated heterocycles. The average molecular weight is 357 g/mol. The molecule has 2 N–H and O–H groups in total. The zero-order valence-corrected chi connectivity index (χ0v) is 14.2. The maximum atomic E-state index is 12.4. The van der Waals surface area contributed by atoms with Crippen molar-refractivity contribution < 1.29 is 19.2 Å². The molecule has 0 fully saturated rings. The highest BCUT2D eigenvalue weighted by Gasteiger charge is 2.17. The number of nitro groups is 1. The van der Waals surface area contributed by atoms with E-state index in [0.29, 0.717) is 5.69 Å². The topological polar surface area (TPSA) is 111 Å². The molecule has 8 heteroatoms. The van der Waals surface area contributed by atoms with Crippen LogP contribution in [0.25, 0.3) is 0 Å². The minimum atomic E-state index is -0.568. The smallest absolute Gasteiger partial charge is 0.307 e. The molecule has 0 saturated carbocycles. The van der Waals surface area contributed by atoms with Crippen LogP contribution in [0.1, 0.15) is 23.7 Å². The number of rotatable bonds is 8. The number of carbonyl (C=O) groups is 2. The van der Waals surface area contributed by atoms with Crippen molar-refractivity contribution in [3.8, 4) is 0 Å². The van der Waals surface area contributed by atoms with Crippen LogP contribution in [-0.4, -0.2) is 30.0 Å². The van der Waals surface area contributed by atoms with Gasteiger partial charge in [-0.1, -0.05) is 18.2 Å². The van der Waals surface area contributed by atoms with Crippen molar-refractivity contribution in [2.75, 3.05) is 18.5 Å². The van der Waals surface area contributed by atoms with Gasteiger partial charge in [0.15, 0.2) is 0 Å². The molecule has 2 rings (SSSR count). The number of benzene rings is 2. The summed E-state index contributed by atoms with van der Waals surface area (Å²) in [4.78, 5) is 34.2. The predicted molar refractivity (Wildman–Crippen MR) is 96.4 cm³/mol. The van der Waals surface area contributed by atoms with Crippen LogP contribution in [0.5, 0.6) is 0 Å². The predicted octanol–water partition coefficient (Wildman–Crippen LogP) is 3.02. The van der Waals surface area contributed by atoms with Crippen LogP contribution in [-0.2, 0) is 9.53 Å². The second-order valence-electron chi connectivity index (χ2n) is 5.29. The first-order chi connectivity index (χ1) is 12.5. The zero-order valence-electron chi connectivity index (χ0n) is 14.2. The fraction of sp³-hybridized carbons (Fsp3) is 0.222. The maximum Gasteiger partial charge on any atom is 0.307 e. The van der Waals surface area contributed by atoms with Crippen LogP contribution in [0.2, 0.25) is 0 Å². The third-order valence-electron chi connectivity index (χ3n) is 3.43. The van der Waals surface area contributed by atoms with Crippen LogP contribution in [0.15, 0.2) is 48.5 Å². The van der Waals surface area contributed by atoms with Gasteiger partial charge in [-0.05, 0) is 25.1 Å². The number of ether oxygens (including phenoxy) is 1. The molecule has 0 atom stereocenters. The molecule has 0 heterocycles. The highest BCUT2D eigenvalue weighted by atomic mass is 16.6. The van der Waals surface area contributed by atoms with Crippen LogP contribution < -0.4 is 10.6 Å². The van der Waals surface area contributed by atoms with E-state index < -0.39 is 16.8 Å². The Kier molecular flexibility index (Phi) is 6.67. The lowest BCUT2D eigenvalue weighted by Crippen LogP contribution is -2.27. The SMILES string of the molecule is CCOC(=O)CCNC(=O)c1cc([N+](=O)[O-])ccc1Nc1ccccc1. The summed E-state index contributed by atoms with van der Waals surface area (Å²) in [5, 5.41) is 16.7. The van der Waals surface area contributed by atoms with Gasteiger partial charge in [0.2, 0.25) is 0 Å². The summed E-state index contributed by atoms with van der Waals surface area (Å²) in [6, 6.07) is 13.1. The molecule has 0 bridgehead atoms. The minimum absolute atomic E-state index is 0.0238. The number of non-ortho nitro benzene ring substituents is 1. The Morgan fingerprint density at radius 2 is 1.88 bits per heavy atom. The first-order valence-electron chi connectivity index (χ1n) is 8.05. The Balaban J connectivity index is 2.17. The largest absolute Gasteiger partial charge is 0.466 e. The van der Waals surface area contributed by atoms with Crippen molar-refractivity contribution in [2.24, 2.45) is 0 Å². The molecule has 0 spiro atoms. The summed E-state index contributed by atoms with van der Waals surface area (Å²) in [6.07, 6.45) is 0.0238. The number of esters is 1. The lowest BCUT2D eigenvalue weighted by Gasteiger charge is -2.12.